The number of hydrogen-bond acceptors (Lipinski definition) is 3. The highest BCUT2D eigenvalue weighted by molar-refractivity contribution is 5.84. The zero-order valence-corrected chi connectivity index (χ0v) is 12.2. The van der Waals surface area contributed by atoms with Crippen molar-refractivity contribution in [2.24, 2.45) is 0 Å². The highest BCUT2D eigenvalue weighted by Gasteiger charge is 2.18. The predicted molar refractivity (Wildman–Crippen MR) is 83.1 cm³/mol. The maximum absolute atomic E-state index is 11.3. The maximum Gasteiger partial charge on any atom is 0.219 e. The van der Waals surface area contributed by atoms with E-state index in [1.807, 2.05) is 11.0 Å². The molecule has 4 heteroatoms. The van der Waals surface area contributed by atoms with Crippen LogP contribution in [0.25, 0.3) is 10.8 Å². The second kappa shape index (κ2) is 5.74. The van der Waals surface area contributed by atoms with Crippen molar-refractivity contribution in [1.82, 2.24) is 9.80 Å². The minimum Gasteiger partial charge on any atom is -0.508 e. The molecule has 1 N–H and O–H groups in total. The van der Waals surface area contributed by atoms with E-state index in [9.17, 15) is 9.90 Å². The Morgan fingerprint density at radius 3 is 2.43 bits per heavy atom. The van der Waals surface area contributed by atoms with Crippen molar-refractivity contribution in [2.75, 3.05) is 26.2 Å². The number of aromatic hydroxyl groups is 1. The van der Waals surface area contributed by atoms with Crippen LogP contribution >= 0.6 is 0 Å². The molecule has 4 nitrogen and oxygen atoms in total. The molecule has 1 aliphatic rings. The van der Waals surface area contributed by atoms with Crippen molar-refractivity contribution < 1.29 is 9.90 Å². The van der Waals surface area contributed by atoms with Gasteiger partial charge in [0.1, 0.15) is 5.75 Å². The molecule has 0 spiro atoms. The highest BCUT2D eigenvalue weighted by Crippen LogP contribution is 2.22. The molecular weight excluding hydrogens is 264 g/mol. The van der Waals surface area contributed by atoms with E-state index < -0.39 is 0 Å². The Morgan fingerprint density at radius 2 is 1.71 bits per heavy atom. The number of phenolic OH excluding ortho intramolecular Hbond substituents is 1. The lowest BCUT2D eigenvalue weighted by Gasteiger charge is -2.34. The van der Waals surface area contributed by atoms with Crippen LogP contribution in [0, 0.1) is 0 Å². The van der Waals surface area contributed by atoms with Gasteiger partial charge in [-0.05, 0) is 34.5 Å². The monoisotopic (exact) mass is 284 g/mol. The number of phenols is 1. The maximum atomic E-state index is 11.3. The molecule has 0 atom stereocenters. The lowest BCUT2D eigenvalue weighted by molar-refractivity contribution is -0.130. The molecule has 1 amide bonds. The van der Waals surface area contributed by atoms with Crippen LogP contribution in [0.15, 0.2) is 36.4 Å². The molecular formula is C17H20N2O2. The van der Waals surface area contributed by atoms with Gasteiger partial charge in [-0.25, -0.2) is 0 Å². The molecule has 2 aromatic carbocycles. The molecule has 0 aromatic heterocycles. The van der Waals surface area contributed by atoms with Gasteiger partial charge in [-0.3, -0.25) is 9.69 Å². The van der Waals surface area contributed by atoms with Crippen LogP contribution in [-0.4, -0.2) is 47.0 Å². The summed E-state index contributed by atoms with van der Waals surface area (Å²) < 4.78 is 0. The molecule has 2 aromatic rings. The fourth-order valence-corrected chi connectivity index (χ4v) is 2.86. The third-order valence-corrected chi connectivity index (χ3v) is 4.11. The van der Waals surface area contributed by atoms with Crippen LogP contribution in [0.5, 0.6) is 5.75 Å². The lowest BCUT2D eigenvalue weighted by atomic mass is 10.1. The Kier molecular flexibility index (Phi) is 3.80. The molecule has 3 rings (SSSR count). The molecule has 0 saturated carbocycles. The number of carbonyl (C=O) groups is 1. The number of fused-ring (bicyclic) bond motifs is 1. The summed E-state index contributed by atoms with van der Waals surface area (Å²) in [5.74, 6) is 0.468. The number of benzene rings is 2. The summed E-state index contributed by atoms with van der Waals surface area (Å²) in [5, 5.41) is 11.7. The summed E-state index contributed by atoms with van der Waals surface area (Å²) >= 11 is 0. The van der Waals surface area contributed by atoms with E-state index in [-0.39, 0.29) is 5.91 Å². The molecule has 21 heavy (non-hydrogen) atoms. The van der Waals surface area contributed by atoms with Crippen LogP contribution < -0.4 is 0 Å². The summed E-state index contributed by atoms with van der Waals surface area (Å²) in [6.45, 7) is 6.02. The molecule has 0 aliphatic carbocycles. The number of amides is 1. The number of rotatable bonds is 2. The topological polar surface area (TPSA) is 43.8 Å². The zero-order valence-electron chi connectivity index (χ0n) is 12.2. The Morgan fingerprint density at radius 1 is 1.05 bits per heavy atom. The summed E-state index contributed by atoms with van der Waals surface area (Å²) in [5.41, 5.74) is 1.27. The quantitative estimate of drug-likeness (QED) is 0.919. The first-order valence-electron chi connectivity index (χ1n) is 7.31. The molecule has 1 saturated heterocycles. The van der Waals surface area contributed by atoms with Gasteiger partial charge < -0.3 is 10.0 Å². The summed E-state index contributed by atoms with van der Waals surface area (Å²) in [6.07, 6.45) is 0. The van der Waals surface area contributed by atoms with Gasteiger partial charge in [0.05, 0.1) is 0 Å². The van der Waals surface area contributed by atoms with E-state index >= 15 is 0 Å². The normalized spacial score (nSPS) is 16.3. The SMILES string of the molecule is CC(=O)N1CCN(Cc2ccc3cc(O)ccc3c2)CC1. The first-order valence-corrected chi connectivity index (χ1v) is 7.31. The largest absolute Gasteiger partial charge is 0.508 e. The van der Waals surface area contributed by atoms with Gasteiger partial charge in [-0.15, -0.1) is 0 Å². The predicted octanol–water partition coefficient (Wildman–Crippen LogP) is 2.21. The van der Waals surface area contributed by atoms with Gasteiger partial charge in [0, 0.05) is 39.6 Å². The van der Waals surface area contributed by atoms with Gasteiger partial charge in [0.25, 0.3) is 0 Å². The van der Waals surface area contributed by atoms with E-state index in [1.165, 1.54) is 5.56 Å². The second-order valence-electron chi connectivity index (χ2n) is 5.65. The Bertz CT molecular complexity index is 661. The highest BCUT2D eigenvalue weighted by atomic mass is 16.3. The van der Waals surface area contributed by atoms with Crippen LogP contribution in [0.2, 0.25) is 0 Å². The number of nitrogens with zero attached hydrogens (tertiary/aromatic N) is 2. The molecule has 110 valence electrons. The smallest absolute Gasteiger partial charge is 0.219 e. The van der Waals surface area contributed by atoms with Crippen LogP contribution in [0.3, 0.4) is 0 Å². The van der Waals surface area contributed by atoms with Crippen molar-refractivity contribution in [3.63, 3.8) is 0 Å². The minimum absolute atomic E-state index is 0.167. The summed E-state index contributed by atoms with van der Waals surface area (Å²) in [7, 11) is 0. The van der Waals surface area contributed by atoms with Gasteiger partial charge >= 0.3 is 0 Å². The number of carbonyl (C=O) groups excluding carboxylic acids is 1. The van der Waals surface area contributed by atoms with Gasteiger partial charge in [-0.2, -0.15) is 0 Å². The molecule has 1 aliphatic heterocycles. The van der Waals surface area contributed by atoms with E-state index in [0.29, 0.717) is 5.75 Å². The molecule has 1 heterocycles. The molecule has 0 unspecified atom stereocenters. The van der Waals surface area contributed by atoms with Crippen molar-refractivity contribution >= 4 is 16.7 Å². The average Bonchev–Trinajstić information content (AvgIpc) is 2.48. The zero-order chi connectivity index (χ0) is 14.8. The van der Waals surface area contributed by atoms with E-state index in [4.69, 9.17) is 0 Å². The van der Waals surface area contributed by atoms with Crippen molar-refractivity contribution in [2.45, 2.75) is 13.5 Å². The number of piperazine rings is 1. The fourth-order valence-electron chi connectivity index (χ4n) is 2.86. The van der Waals surface area contributed by atoms with Gasteiger partial charge in [0.15, 0.2) is 0 Å². The molecule has 1 fully saturated rings. The minimum atomic E-state index is 0.167. The number of hydrogen-bond donors (Lipinski definition) is 1. The Hall–Kier alpha value is -2.07. The Balaban J connectivity index is 1.68. The summed E-state index contributed by atoms with van der Waals surface area (Å²) in [4.78, 5) is 15.6. The van der Waals surface area contributed by atoms with Crippen LogP contribution in [0.1, 0.15) is 12.5 Å². The van der Waals surface area contributed by atoms with Crippen molar-refractivity contribution in [3.8, 4) is 5.75 Å². The van der Waals surface area contributed by atoms with Crippen molar-refractivity contribution in [3.05, 3.63) is 42.0 Å². The standard InChI is InChI=1S/C17H20N2O2/c1-13(20)19-8-6-18(7-9-19)12-14-2-3-16-11-17(21)5-4-15(16)10-14/h2-5,10-11,21H,6-9,12H2,1H3. The lowest BCUT2D eigenvalue weighted by Crippen LogP contribution is -2.47. The second-order valence-corrected chi connectivity index (χ2v) is 5.65. The van der Waals surface area contributed by atoms with Crippen molar-refractivity contribution in [1.29, 1.82) is 0 Å². The Labute approximate surface area is 124 Å². The van der Waals surface area contributed by atoms with Crippen LogP contribution in [0.4, 0.5) is 0 Å². The van der Waals surface area contributed by atoms with Gasteiger partial charge in [-0.1, -0.05) is 18.2 Å². The fraction of sp³-hybridized carbons (Fsp3) is 0.353. The van der Waals surface area contributed by atoms with Crippen LogP contribution in [-0.2, 0) is 11.3 Å². The van der Waals surface area contributed by atoms with E-state index in [2.05, 4.69) is 23.1 Å². The first-order chi connectivity index (χ1) is 10.1. The van der Waals surface area contributed by atoms with Gasteiger partial charge in [0.2, 0.25) is 5.91 Å². The summed E-state index contributed by atoms with van der Waals surface area (Å²) in [6, 6.07) is 11.8. The molecule has 0 radical (unpaired) electrons. The third kappa shape index (κ3) is 3.16. The molecule has 0 bridgehead atoms. The van der Waals surface area contributed by atoms with E-state index in [1.54, 1.807) is 19.1 Å². The third-order valence-electron chi connectivity index (χ3n) is 4.11. The first kappa shape index (κ1) is 13.9. The van der Waals surface area contributed by atoms with E-state index in [0.717, 1.165) is 43.5 Å². The average molecular weight is 284 g/mol.